The normalized spacial score (nSPS) is 27.6. The first-order valence-electron chi connectivity index (χ1n) is 7.05. The standard InChI is InChI=1S/C15H21N3S/c1-11-6-8-15(10-16,9-7-11)18-14-17-12-4-2-3-5-13(12)19-14/h2-5,11H,6-10,16H2,1H3,(H,17,18). The van der Waals surface area contributed by atoms with Crippen LogP contribution in [0.5, 0.6) is 0 Å². The first-order valence-corrected chi connectivity index (χ1v) is 7.86. The van der Waals surface area contributed by atoms with E-state index in [4.69, 9.17) is 5.73 Å². The highest BCUT2D eigenvalue weighted by atomic mass is 32.1. The Morgan fingerprint density at radius 3 is 2.79 bits per heavy atom. The third kappa shape index (κ3) is 2.60. The Kier molecular flexibility index (Phi) is 3.46. The van der Waals surface area contributed by atoms with Crippen LogP contribution in [0.2, 0.25) is 0 Å². The average molecular weight is 275 g/mol. The number of thiazole rings is 1. The minimum absolute atomic E-state index is 0.0559. The summed E-state index contributed by atoms with van der Waals surface area (Å²) in [6.45, 7) is 3.02. The second kappa shape index (κ2) is 5.10. The van der Waals surface area contributed by atoms with E-state index in [1.807, 2.05) is 6.07 Å². The second-order valence-corrected chi connectivity index (χ2v) is 6.81. The number of nitrogens with zero attached hydrogens (tertiary/aromatic N) is 1. The van der Waals surface area contributed by atoms with Crippen molar-refractivity contribution in [2.24, 2.45) is 11.7 Å². The lowest BCUT2D eigenvalue weighted by atomic mass is 9.77. The van der Waals surface area contributed by atoms with Gasteiger partial charge in [0.1, 0.15) is 0 Å². The summed E-state index contributed by atoms with van der Waals surface area (Å²) in [5.74, 6) is 0.830. The van der Waals surface area contributed by atoms with Crippen molar-refractivity contribution in [2.75, 3.05) is 11.9 Å². The molecule has 1 fully saturated rings. The summed E-state index contributed by atoms with van der Waals surface area (Å²) < 4.78 is 1.24. The summed E-state index contributed by atoms with van der Waals surface area (Å²) in [6.07, 6.45) is 4.82. The van der Waals surface area contributed by atoms with Crippen molar-refractivity contribution in [1.29, 1.82) is 0 Å². The van der Waals surface area contributed by atoms with Gasteiger partial charge < -0.3 is 11.1 Å². The summed E-state index contributed by atoms with van der Waals surface area (Å²) in [5.41, 5.74) is 7.17. The molecule has 1 aliphatic carbocycles. The zero-order chi connectivity index (χ0) is 13.3. The lowest BCUT2D eigenvalue weighted by Gasteiger charge is -2.39. The Morgan fingerprint density at radius 2 is 2.11 bits per heavy atom. The maximum absolute atomic E-state index is 6.04. The SMILES string of the molecule is CC1CCC(CN)(Nc2nc3ccccc3s2)CC1. The summed E-state index contributed by atoms with van der Waals surface area (Å²) in [5, 5.41) is 4.65. The van der Waals surface area contributed by atoms with E-state index in [1.54, 1.807) is 11.3 Å². The van der Waals surface area contributed by atoms with Gasteiger partial charge in [0.15, 0.2) is 5.13 Å². The molecule has 0 saturated heterocycles. The van der Waals surface area contributed by atoms with E-state index < -0.39 is 0 Å². The molecule has 1 aromatic carbocycles. The van der Waals surface area contributed by atoms with Gasteiger partial charge in [0.05, 0.1) is 15.8 Å². The highest BCUT2D eigenvalue weighted by Gasteiger charge is 2.33. The van der Waals surface area contributed by atoms with Crippen LogP contribution in [0, 0.1) is 5.92 Å². The molecule has 0 spiro atoms. The molecule has 0 aliphatic heterocycles. The topological polar surface area (TPSA) is 50.9 Å². The number of benzene rings is 1. The van der Waals surface area contributed by atoms with Gasteiger partial charge in [-0.3, -0.25) is 0 Å². The third-order valence-electron chi connectivity index (χ3n) is 4.29. The molecule has 3 nitrogen and oxygen atoms in total. The second-order valence-electron chi connectivity index (χ2n) is 5.78. The van der Waals surface area contributed by atoms with Crippen molar-refractivity contribution < 1.29 is 0 Å². The van der Waals surface area contributed by atoms with Crippen molar-refractivity contribution >= 4 is 26.7 Å². The highest BCUT2D eigenvalue weighted by molar-refractivity contribution is 7.22. The average Bonchev–Trinajstić information content (AvgIpc) is 2.83. The molecule has 0 unspecified atom stereocenters. The number of hydrogen-bond acceptors (Lipinski definition) is 4. The molecule has 3 rings (SSSR count). The summed E-state index contributed by atoms with van der Waals surface area (Å²) in [7, 11) is 0. The number of anilines is 1. The minimum atomic E-state index is 0.0559. The molecular formula is C15H21N3S. The van der Waals surface area contributed by atoms with Crippen LogP contribution in [0.25, 0.3) is 10.2 Å². The Labute approximate surface area is 118 Å². The smallest absolute Gasteiger partial charge is 0.184 e. The van der Waals surface area contributed by atoms with Crippen LogP contribution < -0.4 is 11.1 Å². The van der Waals surface area contributed by atoms with Crippen molar-refractivity contribution in [1.82, 2.24) is 4.98 Å². The molecule has 0 bridgehead atoms. The van der Waals surface area contributed by atoms with Gasteiger partial charge >= 0.3 is 0 Å². The van der Waals surface area contributed by atoms with E-state index >= 15 is 0 Å². The fourth-order valence-corrected chi connectivity index (χ4v) is 3.83. The minimum Gasteiger partial charge on any atom is -0.355 e. The van der Waals surface area contributed by atoms with Crippen LogP contribution in [0.1, 0.15) is 32.6 Å². The number of para-hydroxylation sites is 1. The van der Waals surface area contributed by atoms with E-state index in [0.29, 0.717) is 6.54 Å². The lowest BCUT2D eigenvalue weighted by Crippen LogP contribution is -2.48. The van der Waals surface area contributed by atoms with E-state index in [2.05, 4.69) is 35.4 Å². The van der Waals surface area contributed by atoms with Gasteiger partial charge in [0.2, 0.25) is 0 Å². The van der Waals surface area contributed by atoms with Gasteiger partial charge in [-0.05, 0) is 43.7 Å². The van der Waals surface area contributed by atoms with Crippen molar-refractivity contribution in [3.8, 4) is 0 Å². The third-order valence-corrected chi connectivity index (χ3v) is 5.24. The number of aromatic nitrogens is 1. The van der Waals surface area contributed by atoms with E-state index in [9.17, 15) is 0 Å². The largest absolute Gasteiger partial charge is 0.355 e. The number of nitrogens with two attached hydrogens (primary N) is 1. The number of nitrogens with one attached hydrogen (secondary N) is 1. The van der Waals surface area contributed by atoms with Crippen LogP contribution in [-0.4, -0.2) is 17.1 Å². The summed E-state index contributed by atoms with van der Waals surface area (Å²) in [6, 6.07) is 8.28. The molecule has 0 atom stereocenters. The van der Waals surface area contributed by atoms with Gasteiger partial charge in [-0.25, -0.2) is 4.98 Å². The van der Waals surface area contributed by atoms with Crippen molar-refractivity contribution in [2.45, 2.75) is 38.1 Å². The predicted octanol–water partition coefficient (Wildman–Crippen LogP) is 3.62. The highest BCUT2D eigenvalue weighted by Crippen LogP contribution is 2.36. The zero-order valence-electron chi connectivity index (χ0n) is 11.4. The quantitative estimate of drug-likeness (QED) is 0.899. The zero-order valence-corrected chi connectivity index (χ0v) is 12.2. The molecule has 1 aromatic heterocycles. The van der Waals surface area contributed by atoms with Gasteiger partial charge in [0, 0.05) is 6.54 Å². The number of hydrogen-bond donors (Lipinski definition) is 2. The lowest BCUT2D eigenvalue weighted by molar-refractivity contribution is 0.271. The van der Waals surface area contributed by atoms with Gasteiger partial charge in [-0.1, -0.05) is 30.4 Å². The molecule has 3 N–H and O–H groups in total. The fourth-order valence-electron chi connectivity index (χ4n) is 2.85. The first-order chi connectivity index (χ1) is 9.21. The molecule has 102 valence electrons. The molecule has 4 heteroatoms. The van der Waals surface area contributed by atoms with Gasteiger partial charge in [0.25, 0.3) is 0 Å². The first kappa shape index (κ1) is 12.9. The van der Waals surface area contributed by atoms with Crippen LogP contribution in [0.15, 0.2) is 24.3 Å². The van der Waals surface area contributed by atoms with Crippen LogP contribution in [0.4, 0.5) is 5.13 Å². The molecular weight excluding hydrogens is 254 g/mol. The van der Waals surface area contributed by atoms with E-state index in [1.165, 1.54) is 17.5 Å². The van der Waals surface area contributed by atoms with E-state index in [0.717, 1.165) is 29.4 Å². The molecule has 0 amide bonds. The molecule has 0 radical (unpaired) electrons. The monoisotopic (exact) mass is 275 g/mol. The van der Waals surface area contributed by atoms with Crippen LogP contribution in [0.3, 0.4) is 0 Å². The molecule has 1 aliphatic rings. The molecule has 1 saturated carbocycles. The maximum Gasteiger partial charge on any atom is 0.184 e. The van der Waals surface area contributed by atoms with Crippen LogP contribution in [-0.2, 0) is 0 Å². The Bertz CT molecular complexity index is 522. The van der Waals surface area contributed by atoms with Gasteiger partial charge in [-0.2, -0.15) is 0 Å². The Morgan fingerprint density at radius 1 is 1.37 bits per heavy atom. The fraction of sp³-hybridized carbons (Fsp3) is 0.533. The molecule has 1 heterocycles. The number of fused-ring (bicyclic) bond motifs is 1. The Hall–Kier alpha value is -1.13. The summed E-state index contributed by atoms with van der Waals surface area (Å²) in [4.78, 5) is 4.67. The van der Waals surface area contributed by atoms with Gasteiger partial charge in [-0.15, -0.1) is 0 Å². The van der Waals surface area contributed by atoms with E-state index in [-0.39, 0.29) is 5.54 Å². The maximum atomic E-state index is 6.04. The molecule has 19 heavy (non-hydrogen) atoms. The van der Waals surface area contributed by atoms with Crippen molar-refractivity contribution in [3.63, 3.8) is 0 Å². The predicted molar refractivity (Wildman–Crippen MR) is 82.7 cm³/mol. The molecule has 2 aromatic rings. The number of rotatable bonds is 3. The summed E-state index contributed by atoms with van der Waals surface area (Å²) >= 11 is 1.73. The van der Waals surface area contributed by atoms with Crippen molar-refractivity contribution in [3.05, 3.63) is 24.3 Å². The van der Waals surface area contributed by atoms with Crippen LogP contribution >= 0.6 is 11.3 Å². The Balaban J connectivity index is 1.82.